The third-order valence-corrected chi connectivity index (χ3v) is 2.77. The Morgan fingerprint density at radius 2 is 2.06 bits per heavy atom. The highest BCUT2D eigenvalue weighted by Crippen LogP contribution is 2.27. The molecule has 0 heterocycles. The Hall–Kier alpha value is -2.02. The van der Waals surface area contributed by atoms with Crippen LogP contribution in [0, 0.1) is 18.3 Å². The van der Waals surface area contributed by atoms with E-state index in [1.165, 1.54) is 0 Å². The van der Waals surface area contributed by atoms with Crippen molar-refractivity contribution in [2.45, 2.75) is 27.2 Å². The van der Waals surface area contributed by atoms with Gasteiger partial charge in [0, 0.05) is 13.1 Å². The van der Waals surface area contributed by atoms with Crippen molar-refractivity contribution in [2.24, 2.45) is 0 Å². The molecule has 18 heavy (non-hydrogen) atoms. The molecule has 1 amide bonds. The van der Waals surface area contributed by atoms with Gasteiger partial charge in [0.2, 0.25) is 5.91 Å². The maximum Gasteiger partial charge on any atom is 0.238 e. The first-order chi connectivity index (χ1) is 8.62. The van der Waals surface area contributed by atoms with Crippen LogP contribution < -0.4 is 10.2 Å². The van der Waals surface area contributed by atoms with Gasteiger partial charge in [0.05, 0.1) is 17.4 Å². The number of nitriles is 1. The highest BCUT2D eigenvalue weighted by Gasteiger charge is 2.11. The number of aryl methyl sites for hydroxylation is 1. The zero-order chi connectivity index (χ0) is 13.5. The molecule has 0 unspecified atom stereocenters. The van der Waals surface area contributed by atoms with Crippen LogP contribution in [0.4, 0.5) is 11.4 Å². The predicted molar refractivity (Wildman–Crippen MR) is 73.6 cm³/mol. The van der Waals surface area contributed by atoms with E-state index in [2.05, 4.69) is 24.1 Å². The average molecular weight is 245 g/mol. The highest BCUT2D eigenvalue weighted by molar-refractivity contribution is 5.95. The molecule has 1 aromatic carbocycles. The summed E-state index contributed by atoms with van der Waals surface area (Å²) in [5, 5.41) is 11.3. The van der Waals surface area contributed by atoms with E-state index in [1.54, 1.807) is 0 Å². The summed E-state index contributed by atoms with van der Waals surface area (Å²) in [6, 6.07) is 7.81. The van der Waals surface area contributed by atoms with Gasteiger partial charge in [-0.15, -0.1) is 0 Å². The molecule has 96 valence electrons. The van der Waals surface area contributed by atoms with E-state index >= 15 is 0 Å². The number of nitrogens with one attached hydrogen (secondary N) is 1. The van der Waals surface area contributed by atoms with Gasteiger partial charge >= 0.3 is 0 Å². The van der Waals surface area contributed by atoms with Crippen LogP contribution in [0.2, 0.25) is 0 Å². The van der Waals surface area contributed by atoms with Crippen LogP contribution in [-0.2, 0) is 4.79 Å². The van der Waals surface area contributed by atoms with Crippen molar-refractivity contribution >= 4 is 17.3 Å². The van der Waals surface area contributed by atoms with Crippen LogP contribution in [-0.4, -0.2) is 19.0 Å². The first-order valence-corrected chi connectivity index (χ1v) is 6.14. The fourth-order valence-corrected chi connectivity index (χ4v) is 1.86. The van der Waals surface area contributed by atoms with Gasteiger partial charge in [0.25, 0.3) is 0 Å². The Balaban J connectivity index is 3.04. The molecule has 0 bridgehead atoms. The Bertz CT molecular complexity index is 459. The van der Waals surface area contributed by atoms with Crippen LogP contribution in [0.15, 0.2) is 18.2 Å². The summed E-state index contributed by atoms with van der Waals surface area (Å²) < 4.78 is 0. The second-order valence-corrected chi connectivity index (χ2v) is 4.08. The molecule has 1 aromatic rings. The number of hydrogen-bond donors (Lipinski definition) is 1. The van der Waals surface area contributed by atoms with E-state index in [0.717, 1.165) is 30.0 Å². The molecule has 0 aliphatic carbocycles. The van der Waals surface area contributed by atoms with Crippen molar-refractivity contribution in [1.29, 1.82) is 5.26 Å². The van der Waals surface area contributed by atoms with Gasteiger partial charge < -0.3 is 10.2 Å². The number of amides is 1. The molecule has 0 aliphatic rings. The SMILES string of the molecule is CCN(CC)c1ccc(C)cc1NC(=O)CC#N. The molecule has 0 aromatic heterocycles. The fraction of sp³-hybridized carbons (Fsp3) is 0.429. The number of nitrogens with zero attached hydrogens (tertiary/aromatic N) is 2. The number of hydrogen-bond acceptors (Lipinski definition) is 3. The summed E-state index contributed by atoms with van der Waals surface area (Å²) >= 11 is 0. The topological polar surface area (TPSA) is 56.1 Å². The summed E-state index contributed by atoms with van der Waals surface area (Å²) in [5.41, 5.74) is 2.86. The van der Waals surface area contributed by atoms with Crippen LogP contribution >= 0.6 is 0 Å². The van der Waals surface area contributed by atoms with E-state index in [-0.39, 0.29) is 12.3 Å². The molecule has 1 rings (SSSR count). The number of carbonyl (C=O) groups excluding carboxylic acids is 1. The third-order valence-electron chi connectivity index (χ3n) is 2.77. The molecule has 1 N–H and O–H groups in total. The molecular weight excluding hydrogens is 226 g/mol. The third kappa shape index (κ3) is 3.49. The Labute approximate surface area is 108 Å². The number of rotatable bonds is 5. The Morgan fingerprint density at radius 3 is 2.61 bits per heavy atom. The molecule has 0 fully saturated rings. The summed E-state index contributed by atoms with van der Waals surface area (Å²) in [7, 11) is 0. The van der Waals surface area contributed by atoms with E-state index < -0.39 is 0 Å². The number of benzene rings is 1. The summed E-state index contributed by atoms with van der Waals surface area (Å²) in [4.78, 5) is 13.7. The lowest BCUT2D eigenvalue weighted by Crippen LogP contribution is -2.24. The molecule has 0 saturated heterocycles. The maximum absolute atomic E-state index is 11.5. The van der Waals surface area contributed by atoms with Gasteiger partial charge in [-0.1, -0.05) is 6.07 Å². The van der Waals surface area contributed by atoms with Crippen LogP contribution in [0.3, 0.4) is 0 Å². The van der Waals surface area contributed by atoms with E-state index in [9.17, 15) is 4.79 Å². The van der Waals surface area contributed by atoms with Crippen molar-refractivity contribution in [3.63, 3.8) is 0 Å². The Morgan fingerprint density at radius 1 is 1.39 bits per heavy atom. The minimum Gasteiger partial charge on any atom is -0.370 e. The van der Waals surface area contributed by atoms with E-state index in [4.69, 9.17) is 5.26 Å². The molecule has 0 atom stereocenters. The average Bonchev–Trinajstić information content (AvgIpc) is 2.33. The second-order valence-electron chi connectivity index (χ2n) is 4.08. The molecule has 0 saturated carbocycles. The Kier molecular flexibility index (Phi) is 5.19. The highest BCUT2D eigenvalue weighted by atomic mass is 16.1. The maximum atomic E-state index is 11.5. The van der Waals surface area contributed by atoms with Gasteiger partial charge in [-0.2, -0.15) is 5.26 Å². The summed E-state index contributed by atoms with van der Waals surface area (Å²) in [6.07, 6.45) is -0.119. The minimum absolute atomic E-state index is 0.119. The predicted octanol–water partition coefficient (Wildman–Crippen LogP) is 2.69. The quantitative estimate of drug-likeness (QED) is 0.867. The zero-order valence-corrected chi connectivity index (χ0v) is 11.2. The van der Waals surface area contributed by atoms with Crippen molar-refractivity contribution in [3.05, 3.63) is 23.8 Å². The standard InChI is InChI=1S/C14H19N3O/c1-4-17(5-2)13-7-6-11(3)10-12(13)16-14(18)8-9-15/h6-7,10H,4-5,8H2,1-3H3,(H,16,18). The number of anilines is 2. The second kappa shape index (κ2) is 6.65. The zero-order valence-electron chi connectivity index (χ0n) is 11.2. The van der Waals surface area contributed by atoms with Crippen molar-refractivity contribution in [2.75, 3.05) is 23.3 Å². The van der Waals surface area contributed by atoms with Gasteiger partial charge in [-0.25, -0.2) is 0 Å². The van der Waals surface area contributed by atoms with Crippen LogP contribution in [0.1, 0.15) is 25.8 Å². The molecule has 0 aliphatic heterocycles. The van der Waals surface area contributed by atoms with E-state index in [1.807, 2.05) is 31.2 Å². The van der Waals surface area contributed by atoms with Crippen molar-refractivity contribution in [1.82, 2.24) is 0 Å². The van der Waals surface area contributed by atoms with Crippen LogP contribution in [0.5, 0.6) is 0 Å². The lowest BCUT2D eigenvalue weighted by molar-refractivity contribution is -0.115. The van der Waals surface area contributed by atoms with Gasteiger partial charge in [0.15, 0.2) is 0 Å². The largest absolute Gasteiger partial charge is 0.370 e. The van der Waals surface area contributed by atoms with E-state index in [0.29, 0.717) is 0 Å². The normalized spacial score (nSPS) is 9.67. The monoisotopic (exact) mass is 245 g/mol. The summed E-state index contributed by atoms with van der Waals surface area (Å²) in [5.74, 6) is -0.267. The molecule has 0 radical (unpaired) electrons. The smallest absolute Gasteiger partial charge is 0.238 e. The molecular formula is C14H19N3O. The molecule has 4 nitrogen and oxygen atoms in total. The van der Waals surface area contributed by atoms with Crippen molar-refractivity contribution < 1.29 is 4.79 Å². The fourth-order valence-electron chi connectivity index (χ4n) is 1.86. The number of carbonyl (C=O) groups is 1. The van der Waals surface area contributed by atoms with Gasteiger partial charge in [-0.05, 0) is 38.5 Å². The van der Waals surface area contributed by atoms with Crippen molar-refractivity contribution in [3.8, 4) is 6.07 Å². The first kappa shape index (κ1) is 14.0. The van der Waals surface area contributed by atoms with Gasteiger partial charge in [0.1, 0.15) is 6.42 Å². The molecule has 4 heteroatoms. The van der Waals surface area contributed by atoms with Gasteiger partial charge in [-0.3, -0.25) is 4.79 Å². The minimum atomic E-state index is -0.267. The lowest BCUT2D eigenvalue weighted by atomic mass is 10.1. The summed E-state index contributed by atoms with van der Waals surface area (Å²) in [6.45, 7) is 7.88. The molecule has 0 spiro atoms. The lowest BCUT2D eigenvalue weighted by Gasteiger charge is -2.24. The first-order valence-electron chi connectivity index (χ1n) is 6.14. The van der Waals surface area contributed by atoms with Crippen LogP contribution in [0.25, 0.3) is 0 Å².